The first-order chi connectivity index (χ1) is 35.1. The first-order valence-electron chi connectivity index (χ1n) is 25.4. The normalized spacial score (nSPS) is 17.5. The highest BCUT2D eigenvalue weighted by Crippen LogP contribution is 2.23. The highest BCUT2D eigenvalue weighted by Gasteiger charge is 2.40. The number of hydrogen-bond donors (Lipinski definition) is 12. The van der Waals surface area contributed by atoms with E-state index >= 15 is 0 Å². The molecule has 1 aliphatic rings. The Morgan fingerprint density at radius 1 is 0.649 bits per heavy atom. The Kier molecular flexibility index (Phi) is 23.0. The number of carboxylic acids is 1. The lowest BCUT2D eigenvalue weighted by atomic mass is 9.96. The Labute approximate surface area is 431 Å². The number of aromatic amines is 1. The number of aromatic nitrogens is 1. The van der Waals surface area contributed by atoms with Crippen LogP contribution in [0.2, 0.25) is 0 Å². The minimum Gasteiger partial charge on any atom is -0.480 e. The smallest absolute Gasteiger partial charge is 0.326 e. The van der Waals surface area contributed by atoms with Gasteiger partial charge in [-0.25, -0.2) is 4.79 Å². The number of carbonyl (C=O) groups is 9. The second-order valence-electron chi connectivity index (χ2n) is 19.6. The standard InChI is InChI=1S/C52H76N10O12/c1-8-29(5)42(53)51(72)62-21-15-20-41(62)49(70)61-43(30(6)9-2)50(71)57-36(22-28(3)4)46(67)59-40(27-64)48(69)60-39(26-63)47(68)56-37(24-33-25-54-35-19-14-13-18-34(33)35)45(66)55-31(7)44(65)58-38(52(73)74)23-32-16-11-10-12-17-32/h10-14,16-19,25,28-31,36-43,54,63-64H,8-9,15,20-24,26-27,53H2,1-7H3,(H,55,66)(H,56,68)(H,57,71)(H,58,65)(H,59,67)(H,60,69)(H,61,70)(H,73,74)/t29-,30-,31-,36-,37-,38-,39-,40-,41-,42-,43-/m0/s1. The van der Waals surface area contributed by atoms with Gasteiger partial charge >= 0.3 is 5.97 Å². The van der Waals surface area contributed by atoms with E-state index in [1.807, 2.05) is 20.8 Å². The van der Waals surface area contributed by atoms with Crippen LogP contribution >= 0.6 is 0 Å². The lowest BCUT2D eigenvalue weighted by Gasteiger charge is -2.32. The minimum absolute atomic E-state index is 0.0353. The van der Waals surface area contributed by atoms with Gasteiger partial charge in [0.25, 0.3) is 0 Å². The number of nitrogens with two attached hydrogens (primary N) is 1. The molecular formula is C52H76N10O12. The van der Waals surface area contributed by atoms with Crippen molar-refractivity contribution in [3.63, 3.8) is 0 Å². The molecule has 406 valence electrons. The predicted octanol–water partition coefficient (Wildman–Crippen LogP) is -0.108. The number of aliphatic carboxylic acids is 1. The molecule has 8 amide bonds. The summed E-state index contributed by atoms with van der Waals surface area (Å²) in [5, 5.41) is 49.0. The zero-order chi connectivity index (χ0) is 54.8. The third-order valence-corrected chi connectivity index (χ3v) is 13.5. The van der Waals surface area contributed by atoms with E-state index in [0.29, 0.717) is 48.7 Å². The molecule has 0 bridgehead atoms. The number of likely N-dealkylation sites (tertiary alicyclic amines) is 1. The predicted molar refractivity (Wildman–Crippen MR) is 274 cm³/mol. The van der Waals surface area contributed by atoms with Gasteiger partial charge in [-0.1, -0.05) is 103 Å². The molecule has 0 unspecified atom stereocenters. The second kappa shape index (κ2) is 28.5. The van der Waals surface area contributed by atoms with Crippen LogP contribution in [0, 0.1) is 17.8 Å². The average Bonchev–Trinajstić information content (AvgIpc) is 4.05. The number of hydrogen-bond acceptors (Lipinski definition) is 12. The number of amides is 8. The summed E-state index contributed by atoms with van der Waals surface area (Å²) in [6.07, 6.45) is 3.56. The number of carboxylic acid groups (broad SMARTS) is 1. The molecule has 4 rings (SSSR count). The second-order valence-corrected chi connectivity index (χ2v) is 19.6. The van der Waals surface area contributed by atoms with E-state index in [2.05, 4.69) is 42.2 Å². The van der Waals surface area contributed by atoms with Crippen molar-refractivity contribution in [3.8, 4) is 0 Å². The van der Waals surface area contributed by atoms with E-state index in [1.165, 1.54) is 11.8 Å². The largest absolute Gasteiger partial charge is 0.480 e. The maximum absolute atomic E-state index is 14.0. The summed E-state index contributed by atoms with van der Waals surface area (Å²) in [4.78, 5) is 126. The first kappa shape index (κ1) is 59.7. The van der Waals surface area contributed by atoms with Gasteiger partial charge in [-0.15, -0.1) is 0 Å². The number of H-pyrrole nitrogens is 1. The number of aliphatic hydroxyl groups excluding tert-OH is 2. The third-order valence-electron chi connectivity index (χ3n) is 13.5. The SMILES string of the molecule is CC[C@H](C)[C@H](N)C(=O)N1CCC[C@H]1C(=O)N[C@H](C(=O)N[C@@H](CC(C)C)C(=O)N[C@@H](CO)C(=O)N[C@@H](CO)C(=O)N[C@@H](Cc1c[nH]c2ccccc12)C(=O)N[C@@H](C)C(=O)N[C@@H](Cc1ccccc1)C(=O)O)[C@@H](C)CC. The van der Waals surface area contributed by atoms with Crippen LogP contribution in [0.3, 0.4) is 0 Å². The number of nitrogens with one attached hydrogen (secondary N) is 8. The maximum Gasteiger partial charge on any atom is 0.326 e. The molecule has 11 atom stereocenters. The van der Waals surface area contributed by atoms with E-state index in [0.717, 1.165) is 5.52 Å². The Hall–Kier alpha value is -6.91. The van der Waals surface area contributed by atoms with Gasteiger partial charge in [0.2, 0.25) is 47.3 Å². The first-order valence-corrected chi connectivity index (χ1v) is 25.4. The lowest BCUT2D eigenvalue weighted by Crippen LogP contribution is -2.62. The van der Waals surface area contributed by atoms with Gasteiger partial charge in [0.1, 0.15) is 48.3 Å². The Balaban J connectivity index is 1.46. The van der Waals surface area contributed by atoms with Gasteiger partial charge in [-0.05, 0) is 61.1 Å². The molecule has 2 aromatic carbocycles. The monoisotopic (exact) mass is 1030 g/mol. The van der Waals surface area contributed by atoms with Gasteiger partial charge in [0, 0.05) is 36.5 Å². The zero-order valence-corrected chi connectivity index (χ0v) is 43.3. The van der Waals surface area contributed by atoms with Crippen molar-refractivity contribution in [2.45, 2.75) is 148 Å². The van der Waals surface area contributed by atoms with Crippen molar-refractivity contribution in [1.29, 1.82) is 0 Å². The fourth-order valence-corrected chi connectivity index (χ4v) is 8.57. The van der Waals surface area contributed by atoms with Crippen LogP contribution < -0.4 is 43.0 Å². The molecule has 1 fully saturated rings. The molecule has 0 aliphatic carbocycles. The van der Waals surface area contributed by atoms with Crippen LogP contribution in [-0.2, 0) is 56.0 Å². The van der Waals surface area contributed by atoms with E-state index in [9.17, 15) is 58.5 Å². The van der Waals surface area contributed by atoms with Gasteiger partial charge in [-0.3, -0.25) is 38.4 Å². The summed E-state index contributed by atoms with van der Waals surface area (Å²) in [5.41, 5.74) is 8.19. The quantitative estimate of drug-likeness (QED) is 0.0453. The number of nitrogens with zero attached hydrogens (tertiary/aromatic N) is 1. The van der Waals surface area contributed by atoms with Gasteiger partial charge < -0.3 is 68.2 Å². The van der Waals surface area contributed by atoms with Gasteiger partial charge in [0.15, 0.2) is 0 Å². The third kappa shape index (κ3) is 16.6. The topological polar surface area (TPSA) is 344 Å². The van der Waals surface area contributed by atoms with Crippen molar-refractivity contribution in [1.82, 2.24) is 47.1 Å². The summed E-state index contributed by atoms with van der Waals surface area (Å²) < 4.78 is 0. The van der Waals surface area contributed by atoms with Crippen LogP contribution in [0.25, 0.3) is 10.9 Å². The number of para-hydroxylation sites is 1. The highest BCUT2D eigenvalue weighted by atomic mass is 16.4. The molecule has 74 heavy (non-hydrogen) atoms. The van der Waals surface area contributed by atoms with E-state index in [1.54, 1.807) is 81.6 Å². The lowest BCUT2D eigenvalue weighted by molar-refractivity contribution is -0.142. The molecule has 22 nitrogen and oxygen atoms in total. The molecule has 0 radical (unpaired) electrons. The molecule has 3 aromatic rings. The van der Waals surface area contributed by atoms with Crippen molar-refractivity contribution >= 4 is 64.1 Å². The molecule has 1 aliphatic heterocycles. The molecule has 2 heterocycles. The van der Waals surface area contributed by atoms with Crippen LogP contribution in [-0.4, -0.2) is 153 Å². The van der Waals surface area contributed by atoms with E-state index < -0.39 is 121 Å². The van der Waals surface area contributed by atoms with Crippen molar-refractivity contribution < 1.29 is 58.5 Å². The summed E-state index contributed by atoms with van der Waals surface area (Å²) in [5.74, 6) is -8.34. The van der Waals surface area contributed by atoms with Gasteiger partial charge in [-0.2, -0.15) is 0 Å². The number of carbonyl (C=O) groups excluding carboxylic acids is 8. The van der Waals surface area contributed by atoms with Crippen LogP contribution in [0.4, 0.5) is 0 Å². The number of aliphatic hydroxyl groups is 2. The number of rotatable bonds is 28. The van der Waals surface area contributed by atoms with Crippen molar-refractivity contribution in [2.75, 3.05) is 19.8 Å². The molecule has 0 saturated carbocycles. The van der Waals surface area contributed by atoms with Crippen LogP contribution in [0.5, 0.6) is 0 Å². The summed E-state index contributed by atoms with van der Waals surface area (Å²) >= 11 is 0. The van der Waals surface area contributed by atoms with Crippen molar-refractivity contribution in [3.05, 3.63) is 71.9 Å². The van der Waals surface area contributed by atoms with Crippen LogP contribution in [0.15, 0.2) is 60.8 Å². The molecule has 22 heteroatoms. The molecule has 13 N–H and O–H groups in total. The average molecular weight is 1030 g/mol. The maximum atomic E-state index is 14.0. The fraction of sp³-hybridized carbons (Fsp3) is 0.558. The van der Waals surface area contributed by atoms with Gasteiger partial charge in [0.05, 0.1) is 19.3 Å². The van der Waals surface area contributed by atoms with Crippen LogP contribution in [0.1, 0.15) is 91.7 Å². The summed E-state index contributed by atoms with van der Waals surface area (Å²) in [7, 11) is 0. The van der Waals surface area contributed by atoms with Crippen molar-refractivity contribution in [2.24, 2.45) is 23.5 Å². The molecule has 1 saturated heterocycles. The summed E-state index contributed by atoms with van der Waals surface area (Å²) in [6, 6.07) is 4.18. The number of fused-ring (bicyclic) bond motifs is 1. The number of benzene rings is 2. The zero-order valence-electron chi connectivity index (χ0n) is 43.3. The fourth-order valence-electron chi connectivity index (χ4n) is 8.57. The molecule has 0 spiro atoms. The minimum atomic E-state index is -1.75. The van der Waals surface area contributed by atoms with E-state index in [4.69, 9.17) is 5.73 Å². The highest BCUT2D eigenvalue weighted by molar-refractivity contribution is 5.98. The Morgan fingerprint density at radius 2 is 1.19 bits per heavy atom. The summed E-state index contributed by atoms with van der Waals surface area (Å²) in [6.45, 7) is 10.6. The molecule has 1 aromatic heterocycles. The Morgan fingerprint density at radius 3 is 1.77 bits per heavy atom. The van der Waals surface area contributed by atoms with E-state index in [-0.39, 0.29) is 37.0 Å². The molecular weight excluding hydrogens is 957 g/mol. The Bertz CT molecular complexity index is 2420.